The normalized spacial score (nSPS) is 16.8. The van der Waals surface area contributed by atoms with Crippen molar-refractivity contribution in [3.8, 4) is 0 Å². The molecule has 128 valence electrons. The molecule has 0 atom stereocenters. The lowest BCUT2D eigenvalue weighted by Gasteiger charge is -2.24. The van der Waals surface area contributed by atoms with Gasteiger partial charge in [-0.2, -0.15) is 4.31 Å². The van der Waals surface area contributed by atoms with Gasteiger partial charge in [0, 0.05) is 44.3 Å². The fourth-order valence-electron chi connectivity index (χ4n) is 2.95. The summed E-state index contributed by atoms with van der Waals surface area (Å²) >= 11 is 0. The zero-order valence-electron chi connectivity index (χ0n) is 13.5. The maximum atomic E-state index is 13.0. The van der Waals surface area contributed by atoms with E-state index in [9.17, 15) is 12.8 Å². The predicted molar refractivity (Wildman–Crippen MR) is 91.0 cm³/mol. The summed E-state index contributed by atoms with van der Waals surface area (Å²) in [5.41, 5.74) is 2.17. The number of pyridine rings is 1. The van der Waals surface area contributed by atoms with Gasteiger partial charge in [0.25, 0.3) is 0 Å². The molecule has 1 fully saturated rings. The number of sulfonamides is 1. The fourth-order valence-corrected chi connectivity index (χ4v) is 4.42. The second kappa shape index (κ2) is 6.86. The Bertz CT molecular complexity index is 809. The molecule has 1 aliphatic heterocycles. The number of halogens is 1. The van der Waals surface area contributed by atoms with Crippen LogP contribution in [0, 0.1) is 12.7 Å². The highest BCUT2D eigenvalue weighted by atomic mass is 32.2. The first kappa shape index (κ1) is 16.9. The lowest BCUT2D eigenvalue weighted by atomic mass is 10.2. The Kier molecular flexibility index (Phi) is 4.82. The molecule has 0 spiro atoms. The number of benzene rings is 1. The number of nitrogens with zero attached hydrogens (tertiary/aromatic N) is 3. The number of hydrogen-bond donors (Lipinski definition) is 0. The monoisotopic (exact) mass is 349 g/mol. The third-order valence-electron chi connectivity index (χ3n) is 4.24. The van der Waals surface area contributed by atoms with Gasteiger partial charge in [0.15, 0.2) is 0 Å². The number of aromatic nitrogens is 1. The Morgan fingerprint density at radius 2 is 1.79 bits per heavy atom. The van der Waals surface area contributed by atoms with Gasteiger partial charge in [-0.3, -0.25) is 4.98 Å². The van der Waals surface area contributed by atoms with Crippen molar-refractivity contribution >= 4 is 15.7 Å². The van der Waals surface area contributed by atoms with Crippen molar-refractivity contribution in [2.45, 2.75) is 18.2 Å². The second-order valence-electron chi connectivity index (χ2n) is 5.86. The molecule has 2 heterocycles. The van der Waals surface area contributed by atoms with Crippen LogP contribution in [-0.2, 0) is 10.0 Å². The average molecular weight is 349 g/mol. The van der Waals surface area contributed by atoms with Gasteiger partial charge in [0.2, 0.25) is 10.0 Å². The van der Waals surface area contributed by atoms with Gasteiger partial charge in [-0.05, 0) is 49.2 Å². The van der Waals surface area contributed by atoms with E-state index in [-0.39, 0.29) is 4.90 Å². The zero-order valence-corrected chi connectivity index (χ0v) is 14.3. The van der Waals surface area contributed by atoms with E-state index in [0.717, 1.165) is 24.2 Å². The summed E-state index contributed by atoms with van der Waals surface area (Å²) in [5.74, 6) is -0.441. The van der Waals surface area contributed by atoms with Crippen LogP contribution in [0.25, 0.3) is 0 Å². The van der Waals surface area contributed by atoms with E-state index in [1.807, 2.05) is 19.2 Å². The molecule has 1 aliphatic rings. The molecule has 7 heteroatoms. The number of rotatable bonds is 3. The van der Waals surface area contributed by atoms with Crippen molar-refractivity contribution in [3.63, 3.8) is 0 Å². The largest absolute Gasteiger partial charge is 0.370 e. The topological polar surface area (TPSA) is 53.5 Å². The van der Waals surface area contributed by atoms with Crippen LogP contribution in [0.2, 0.25) is 0 Å². The van der Waals surface area contributed by atoms with E-state index in [1.54, 1.807) is 6.20 Å². The summed E-state index contributed by atoms with van der Waals surface area (Å²) in [4.78, 5) is 6.43. The Balaban J connectivity index is 1.78. The molecule has 0 aliphatic carbocycles. The summed E-state index contributed by atoms with van der Waals surface area (Å²) in [6.45, 7) is 4.27. The van der Waals surface area contributed by atoms with Crippen LogP contribution < -0.4 is 4.90 Å². The third-order valence-corrected chi connectivity index (χ3v) is 6.15. The molecule has 0 saturated carbocycles. The quantitative estimate of drug-likeness (QED) is 0.854. The minimum absolute atomic E-state index is 0.137. The van der Waals surface area contributed by atoms with E-state index in [4.69, 9.17) is 0 Å². The highest BCUT2D eigenvalue weighted by molar-refractivity contribution is 7.89. The standard InChI is InChI=1S/C17H20FN3O2S/c1-14-13-19-8-7-17(14)20-9-2-10-21(12-11-20)24(22,23)16-5-3-15(18)4-6-16/h3-8,13H,2,9-12H2,1H3. The molecule has 0 bridgehead atoms. The minimum Gasteiger partial charge on any atom is -0.370 e. The van der Waals surface area contributed by atoms with Crippen molar-refractivity contribution < 1.29 is 12.8 Å². The SMILES string of the molecule is Cc1cnccc1N1CCCN(S(=O)(=O)c2ccc(F)cc2)CC1. The van der Waals surface area contributed by atoms with Gasteiger partial charge in [-0.25, -0.2) is 12.8 Å². The van der Waals surface area contributed by atoms with Crippen LogP contribution >= 0.6 is 0 Å². The summed E-state index contributed by atoms with van der Waals surface area (Å²) in [6, 6.07) is 6.95. The fraction of sp³-hybridized carbons (Fsp3) is 0.353. The summed E-state index contributed by atoms with van der Waals surface area (Å²) < 4.78 is 40.0. The van der Waals surface area contributed by atoms with Crippen LogP contribution in [-0.4, -0.2) is 43.9 Å². The van der Waals surface area contributed by atoms with Crippen molar-refractivity contribution in [1.29, 1.82) is 0 Å². The Morgan fingerprint density at radius 1 is 1.04 bits per heavy atom. The van der Waals surface area contributed by atoms with Gasteiger partial charge in [0.1, 0.15) is 5.82 Å². The maximum absolute atomic E-state index is 13.0. The molecule has 0 unspecified atom stereocenters. The second-order valence-corrected chi connectivity index (χ2v) is 7.80. The van der Waals surface area contributed by atoms with Crippen LogP contribution in [0.4, 0.5) is 10.1 Å². The molecular formula is C17H20FN3O2S. The van der Waals surface area contributed by atoms with Gasteiger partial charge >= 0.3 is 0 Å². The van der Waals surface area contributed by atoms with Gasteiger partial charge in [0.05, 0.1) is 4.90 Å². The zero-order chi connectivity index (χ0) is 17.2. The van der Waals surface area contributed by atoms with E-state index in [0.29, 0.717) is 19.6 Å². The molecule has 1 aromatic carbocycles. The molecule has 2 aromatic rings. The number of anilines is 1. The third kappa shape index (κ3) is 3.42. The van der Waals surface area contributed by atoms with Crippen LogP contribution in [0.15, 0.2) is 47.6 Å². The first-order valence-electron chi connectivity index (χ1n) is 7.90. The van der Waals surface area contributed by atoms with Crippen LogP contribution in [0.1, 0.15) is 12.0 Å². The highest BCUT2D eigenvalue weighted by Crippen LogP contribution is 2.23. The van der Waals surface area contributed by atoms with Gasteiger partial charge < -0.3 is 4.90 Å². The van der Waals surface area contributed by atoms with E-state index < -0.39 is 15.8 Å². The summed E-state index contributed by atoms with van der Waals surface area (Å²) in [7, 11) is -3.59. The first-order chi connectivity index (χ1) is 11.5. The molecule has 1 aromatic heterocycles. The molecule has 5 nitrogen and oxygen atoms in total. The molecule has 0 radical (unpaired) electrons. The van der Waals surface area contributed by atoms with E-state index in [2.05, 4.69) is 9.88 Å². The number of hydrogen-bond acceptors (Lipinski definition) is 4. The van der Waals surface area contributed by atoms with Crippen molar-refractivity contribution in [1.82, 2.24) is 9.29 Å². The predicted octanol–water partition coefficient (Wildman–Crippen LogP) is 2.43. The Hall–Kier alpha value is -1.99. The Labute approximate surface area is 141 Å². The van der Waals surface area contributed by atoms with E-state index >= 15 is 0 Å². The maximum Gasteiger partial charge on any atom is 0.243 e. The lowest BCUT2D eigenvalue weighted by molar-refractivity contribution is 0.433. The molecule has 24 heavy (non-hydrogen) atoms. The first-order valence-corrected chi connectivity index (χ1v) is 9.34. The van der Waals surface area contributed by atoms with Gasteiger partial charge in [-0.1, -0.05) is 0 Å². The van der Waals surface area contributed by atoms with Crippen molar-refractivity contribution in [2.75, 3.05) is 31.1 Å². The van der Waals surface area contributed by atoms with Gasteiger partial charge in [-0.15, -0.1) is 0 Å². The summed E-state index contributed by atoms with van der Waals surface area (Å²) in [6.07, 6.45) is 4.30. The lowest BCUT2D eigenvalue weighted by Crippen LogP contribution is -2.35. The van der Waals surface area contributed by atoms with Crippen molar-refractivity contribution in [2.24, 2.45) is 0 Å². The minimum atomic E-state index is -3.59. The molecule has 3 rings (SSSR count). The van der Waals surface area contributed by atoms with Crippen LogP contribution in [0.3, 0.4) is 0 Å². The molecule has 0 N–H and O–H groups in total. The smallest absolute Gasteiger partial charge is 0.243 e. The number of aryl methyl sites for hydroxylation is 1. The molecule has 0 amide bonds. The average Bonchev–Trinajstić information content (AvgIpc) is 2.82. The van der Waals surface area contributed by atoms with Crippen molar-refractivity contribution in [3.05, 3.63) is 54.1 Å². The Morgan fingerprint density at radius 3 is 2.50 bits per heavy atom. The molecular weight excluding hydrogens is 329 g/mol. The highest BCUT2D eigenvalue weighted by Gasteiger charge is 2.27. The summed E-state index contributed by atoms with van der Waals surface area (Å²) in [5, 5.41) is 0. The molecule has 1 saturated heterocycles. The van der Waals surface area contributed by atoms with Crippen LogP contribution in [0.5, 0.6) is 0 Å². The van der Waals surface area contributed by atoms with E-state index in [1.165, 1.54) is 28.6 Å².